The maximum Gasteiger partial charge on any atom is 0.291 e. The van der Waals surface area contributed by atoms with Gasteiger partial charge in [0.25, 0.3) is 5.56 Å². The Balaban J connectivity index is 1.61. The molecule has 4 rings (SSSR count). The Morgan fingerprint density at radius 1 is 0.892 bits per heavy atom. The van der Waals surface area contributed by atoms with E-state index in [1.807, 2.05) is 84.9 Å². The van der Waals surface area contributed by atoms with Gasteiger partial charge >= 0.3 is 0 Å². The Morgan fingerprint density at radius 2 is 1.57 bits per heavy atom. The quantitative estimate of drug-likeness (QED) is 0.313. The summed E-state index contributed by atoms with van der Waals surface area (Å²) in [5.41, 5.74) is 3.45. The first-order valence-electron chi connectivity index (χ1n) is 12.2. The molecule has 0 unspecified atom stereocenters. The maximum absolute atomic E-state index is 13.3. The molecule has 0 spiro atoms. The zero-order chi connectivity index (χ0) is 26.2. The van der Waals surface area contributed by atoms with Crippen molar-refractivity contribution in [3.63, 3.8) is 0 Å². The van der Waals surface area contributed by atoms with Crippen molar-refractivity contribution in [1.82, 2.24) is 20.0 Å². The number of carbonyl (C=O) groups excluding carboxylic acids is 2. The first-order chi connectivity index (χ1) is 18.0. The SMILES string of the molecule is CN[C@@H](C)C(=O)Nc1cn(-c2cccc(-c3ccccc3)c2)n(CC(=O)NCCc2ccccc2)c1=O. The van der Waals surface area contributed by atoms with Crippen LogP contribution < -0.4 is 21.5 Å². The Hall–Kier alpha value is -4.43. The Bertz CT molecular complexity index is 1410. The van der Waals surface area contributed by atoms with Gasteiger partial charge in [-0.3, -0.25) is 19.1 Å². The van der Waals surface area contributed by atoms with E-state index in [0.717, 1.165) is 16.7 Å². The zero-order valence-corrected chi connectivity index (χ0v) is 21.0. The molecule has 1 atom stereocenters. The molecule has 8 nitrogen and oxygen atoms in total. The van der Waals surface area contributed by atoms with Crippen LogP contribution in [0.1, 0.15) is 12.5 Å². The third-order valence-corrected chi connectivity index (χ3v) is 6.15. The largest absolute Gasteiger partial charge is 0.354 e. The fourth-order valence-corrected chi connectivity index (χ4v) is 3.95. The van der Waals surface area contributed by atoms with E-state index in [1.165, 1.54) is 4.68 Å². The highest BCUT2D eigenvalue weighted by atomic mass is 16.2. The Kier molecular flexibility index (Phi) is 8.33. The second kappa shape index (κ2) is 12.0. The van der Waals surface area contributed by atoms with Crippen LogP contribution >= 0.6 is 0 Å². The van der Waals surface area contributed by atoms with E-state index in [0.29, 0.717) is 18.7 Å². The summed E-state index contributed by atoms with van der Waals surface area (Å²) in [5, 5.41) is 8.44. The first kappa shape index (κ1) is 25.7. The molecule has 190 valence electrons. The lowest BCUT2D eigenvalue weighted by molar-refractivity contribution is -0.122. The van der Waals surface area contributed by atoms with Gasteiger partial charge in [-0.25, -0.2) is 4.68 Å². The number of anilines is 1. The van der Waals surface area contributed by atoms with Gasteiger partial charge in [-0.05, 0) is 49.2 Å². The van der Waals surface area contributed by atoms with Gasteiger partial charge in [-0.15, -0.1) is 0 Å². The van der Waals surface area contributed by atoms with Crippen molar-refractivity contribution in [3.8, 4) is 16.8 Å². The van der Waals surface area contributed by atoms with Gasteiger partial charge in [0.05, 0.1) is 17.9 Å². The standard InChI is InChI=1S/C29H31N5O3/c1-21(30-2)28(36)32-26-19-33(25-15-9-14-24(18-25)23-12-7-4-8-13-23)34(29(26)37)20-27(35)31-17-16-22-10-5-3-6-11-22/h3-15,18-19,21,30H,16-17,20H2,1-2H3,(H,31,35)(H,32,36)/t21-/m0/s1. The zero-order valence-electron chi connectivity index (χ0n) is 21.0. The summed E-state index contributed by atoms with van der Waals surface area (Å²) >= 11 is 0. The van der Waals surface area contributed by atoms with Crippen LogP contribution in [0.5, 0.6) is 0 Å². The van der Waals surface area contributed by atoms with E-state index in [-0.39, 0.29) is 24.0 Å². The van der Waals surface area contributed by atoms with Crippen LogP contribution in [0.2, 0.25) is 0 Å². The van der Waals surface area contributed by atoms with Gasteiger partial charge in [0.1, 0.15) is 12.2 Å². The third-order valence-electron chi connectivity index (χ3n) is 6.15. The van der Waals surface area contributed by atoms with E-state index in [2.05, 4.69) is 16.0 Å². The van der Waals surface area contributed by atoms with Crippen LogP contribution in [0.15, 0.2) is 95.9 Å². The lowest BCUT2D eigenvalue weighted by atomic mass is 10.1. The van der Waals surface area contributed by atoms with Gasteiger partial charge in [-0.1, -0.05) is 72.8 Å². The number of hydrogen-bond acceptors (Lipinski definition) is 4. The highest BCUT2D eigenvalue weighted by Crippen LogP contribution is 2.22. The summed E-state index contributed by atoms with van der Waals surface area (Å²) in [7, 11) is 1.67. The van der Waals surface area contributed by atoms with Gasteiger partial charge in [-0.2, -0.15) is 0 Å². The average Bonchev–Trinajstić information content (AvgIpc) is 3.23. The molecule has 4 aromatic rings. The van der Waals surface area contributed by atoms with Crippen molar-refractivity contribution in [2.24, 2.45) is 0 Å². The van der Waals surface area contributed by atoms with Gasteiger partial charge < -0.3 is 16.0 Å². The van der Waals surface area contributed by atoms with Crippen LogP contribution in [-0.2, 0) is 22.6 Å². The lowest BCUT2D eigenvalue weighted by Gasteiger charge is -2.13. The van der Waals surface area contributed by atoms with Crippen molar-refractivity contribution in [2.45, 2.75) is 25.9 Å². The highest BCUT2D eigenvalue weighted by molar-refractivity contribution is 5.94. The topological polar surface area (TPSA) is 97.2 Å². The van der Waals surface area contributed by atoms with Crippen LogP contribution in [0, 0.1) is 0 Å². The fraction of sp³-hybridized carbons (Fsp3) is 0.207. The molecule has 2 amide bonds. The summed E-state index contributed by atoms with van der Waals surface area (Å²) in [6.45, 7) is 1.96. The number of carbonyl (C=O) groups is 2. The number of nitrogens with zero attached hydrogens (tertiary/aromatic N) is 2. The molecule has 37 heavy (non-hydrogen) atoms. The van der Waals surface area contributed by atoms with Crippen molar-refractivity contribution in [1.29, 1.82) is 0 Å². The van der Waals surface area contributed by atoms with Crippen LogP contribution in [0.4, 0.5) is 5.69 Å². The molecule has 0 aliphatic carbocycles. The summed E-state index contributed by atoms with van der Waals surface area (Å²) in [6.07, 6.45) is 2.24. The van der Waals surface area contributed by atoms with Crippen molar-refractivity contribution < 1.29 is 9.59 Å². The molecule has 0 radical (unpaired) electrons. The Morgan fingerprint density at radius 3 is 2.27 bits per heavy atom. The molecule has 0 aliphatic heterocycles. The predicted molar refractivity (Wildman–Crippen MR) is 146 cm³/mol. The number of rotatable bonds is 10. The molecule has 8 heteroatoms. The summed E-state index contributed by atoms with van der Waals surface area (Å²) < 4.78 is 2.95. The van der Waals surface area contributed by atoms with Gasteiger partial charge in [0, 0.05) is 6.54 Å². The number of hydrogen-bond donors (Lipinski definition) is 3. The molecule has 0 fully saturated rings. The van der Waals surface area contributed by atoms with E-state index < -0.39 is 11.6 Å². The average molecular weight is 498 g/mol. The van der Waals surface area contributed by atoms with E-state index >= 15 is 0 Å². The van der Waals surface area contributed by atoms with E-state index in [9.17, 15) is 14.4 Å². The minimum absolute atomic E-state index is 0.106. The van der Waals surface area contributed by atoms with E-state index in [4.69, 9.17) is 0 Å². The molecule has 0 bridgehead atoms. The predicted octanol–water partition coefficient (Wildman–Crippen LogP) is 3.21. The smallest absolute Gasteiger partial charge is 0.291 e. The van der Waals surface area contributed by atoms with Gasteiger partial charge in [0.15, 0.2) is 0 Å². The number of benzene rings is 3. The second-order valence-electron chi connectivity index (χ2n) is 8.75. The normalized spacial score (nSPS) is 11.6. The van der Waals surface area contributed by atoms with Crippen molar-refractivity contribution in [3.05, 3.63) is 107 Å². The minimum atomic E-state index is -0.487. The van der Waals surface area contributed by atoms with Crippen LogP contribution in [0.3, 0.4) is 0 Å². The monoisotopic (exact) mass is 497 g/mol. The number of amides is 2. The molecule has 0 saturated heterocycles. The van der Waals surface area contributed by atoms with E-state index in [1.54, 1.807) is 24.9 Å². The van der Waals surface area contributed by atoms with Crippen molar-refractivity contribution in [2.75, 3.05) is 18.9 Å². The highest BCUT2D eigenvalue weighted by Gasteiger charge is 2.19. The second-order valence-corrected chi connectivity index (χ2v) is 8.75. The first-order valence-corrected chi connectivity index (χ1v) is 12.2. The molecule has 1 aromatic heterocycles. The molecular formula is C29H31N5O3. The molecular weight excluding hydrogens is 466 g/mol. The molecule has 0 saturated carbocycles. The number of likely N-dealkylation sites (N-methyl/N-ethyl adjacent to an activating group) is 1. The van der Waals surface area contributed by atoms with Crippen LogP contribution in [-0.4, -0.2) is 40.8 Å². The molecule has 0 aliphatic rings. The minimum Gasteiger partial charge on any atom is -0.354 e. The third kappa shape index (κ3) is 6.42. The lowest BCUT2D eigenvalue weighted by Crippen LogP contribution is -2.37. The summed E-state index contributed by atoms with van der Waals surface area (Å²) in [6, 6.07) is 27.0. The molecule has 3 N–H and O–H groups in total. The maximum atomic E-state index is 13.3. The summed E-state index contributed by atoms with van der Waals surface area (Å²) in [4.78, 5) is 38.6. The van der Waals surface area contributed by atoms with Gasteiger partial charge in [0.2, 0.25) is 11.8 Å². The van der Waals surface area contributed by atoms with Crippen LogP contribution in [0.25, 0.3) is 16.8 Å². The Labute approximate surface area is 215 Å². The number of aromatic nitrogens is 2. The molecule has 1 heterocycles. The van der Waals surface area contributed by atoms with Crippen molar-refractivity contribution >= 4 is 17.5 Å². The summed E-state index contributed by atoms with van der Waals surface area (Å²) in [5.74, 6) is -0.632. The molecule has 3 aromatic carbocycles. The fourth-order valence-electron chi connectivity index (χ4n) is 3.95. The number of nitrogens with one attached hydrogen (secondary N) is 3.